The van der Waals surface area contributed by atoms with E-state index in [1.165, 1.54) is 12.0 Å². The van der Waals surface area contributed by atoms with Crippen molar-refractivity contribution in [3.05, 3.63) is 92.8 Å². The van der Waals surface area contributed by atoms with Gasteiger partial charge in [0.05, 0.1) is 23.6 Å². The molecule has 3 aromatic carbocycles. The van der Waals surface area contributed by atoms with Crippen LogP contribution in [-0.2, 0) is 11.4 Å². The summed E-state index contributed by atoms with van der Waals surface area (Å²) in [5, 5.41) is 0.0114. The second kappa shape index (κ2) is 12.4. The summed E-state index contributed by atoms with van der Waals surface area (Å²) in [5.41, 5.74) is 3.80. The molecule has 0 aliphatic carbocycles. The first-order chi connectivity index (χ1) is 18.3. The maximum absolute atomic E-state index is 13.0. The highest BCUT2D eigenvalue weighted by atomic mass is 35.5. The summed E-state index contributed by atoms with van der Waals surface area (Å²) >= 11 is 7.40. The molecule has 0 unspecified atom stereocenters. The molecule has 38 heavy (non-hydrogen) atoms. The number of imide groups is 1. The van der Waals surface area contributed by atoms with Crippen LogP contribution in [0.15, 0.2) is 65.6 Å². The van der Waals surface area contributed by atoms with Crippen LogP contribution in [0, 0.1) is 6.92 Å². The zero-order valence-electron chi connectivity index (χ0n) is 21.8. The molecule has 1 saturated heterocycles. The van der Waals surface area contributed by atoms with E-state index in [1.54, 1.807) is 18.2 Å². The van der Waals surface area contributed by atoms with Crippen LogP contribution in [0.2, 0.25) is 5.02 Å². The van der Waals surface area contributed by atoms with Gasteiger partial charge in [-0.05, 0) is 71.1 Å². The number of hydrogen-bond acceptors (Lipinski definition) is 6. The van der Waals surface area contributed by atoms with E-state index in [-0.39, 0.29) is 24.3 Å². The topological polar surface area (TPSA) is 65.1 Å². The van der Waals surface area contributed by atoms with Crippen LogP contribution < -0.4 is 14.2 Å². The van der Waals surface area contributed by atoms with Crippen molar-refractivity contribution < 1.29 is 23.8 Å². The molecule has 0 radical (unpaired) electrons. The highest BCUT2D eigenvalue weighted by Crippen LogP contribution is 2.39. The molecule has 0 bridgehead atoms. The molecule has 0 spiro atoms. The van der Waals surface area contributed by atoms with Crippen LogP contribution in [0.3, 0.4) is 0 Å². The first-order valence-corrected chi connectivity index (χ1v) is 13.5. The fourth-order valence-electron chi connectivity index (χ4n) is 4.03. The molecule has 1 aliphatic heterocycles. The van der Waals surface area contributed by atoms with Crippen molar-refractivity contribution in [3.63, 3.8) is 0 Å². The minimum atomic E-state index is -0.364. The fraction of sp³-hybridized carbons (Fsp3) is 0.267. The maximum atomic E-state index is 13.0. The summed E-state index contributed by atoms with van der Waals surface area (Å²) in [6.07, 6.45) is 1.64. The van der Waals surface area contributed by atoms with Gasteiger partial charge in [-0.2, -0.15) is 0 Å². The largest absolute Gasteiger partial charge is 0.493 e. The Balaban J connectivity index is 1.44. The van der Waals surface area contributed by atoms with E-state index in [4.69, 9.17) is 25.8 Å². The third kappa shape index (κ3) is 6.52. The van der Waals surface area contributed by atoms with Crippen molar-refractivity contribution in [1.29, 1.82) is 0 Å². The molecular formula is C30H30ClNO5S. The van der Waals surface area contributed by atoms with Gasteiger partial charge in [-0.1, -0.05) is 67.9 Å². The van der Waals surface area contributed by atoms with Gasteiger partial charge in [-0.25, -0.2) is 0 Å². The summed E-state index contributed by atoms with van der Waals surface area (Å²) in [6, 6.07) is 19.2. The van der Waals surface area contributed by atoms with Crippen LogP contribution in [0.4, 0.5) is 4.79 Å². The van der Waals surface area contributed by atoms with Crippen LogP contribution in [-0.4, -0.2) is 36.3 Å². The van der Waals surface area contributed by atoms with E-state index in [0.717, 1.165) is 34.2 Å². The molecule has 3 aromatic rings. The number of benzene rings is 3. The molecule has 1 heterocycles. The Morgan fingerprint density at radius 1 is 1.00 bits per heavy atom. The number of methoxy groups -OCH3 is 1. The normalized spacial score (nSPS) is 14.5. The van der Waals surface area contributed by atoms with E-state index in [0.29, 0.717) is 39.5 Å². The summed E-state index contributed by atoms with van der Waals surface area (Å²) in [6.45, 7) is 6.90. The Labute approximate surface area is 232 Å². The van der Waals surface area contributed by atoms with Crippen molar-refractivity contribution in [2.45, 2.75) is 33.3 Å². The average molecular weight is 552 g/mol. The lowest BCUT2D eigenvalue weighted by Gasteiger charge is -2.17. The SMILES string of the molecule is COc1cc(/C=C2\SC(=O)N(CCOc3cc(C)ccc3C(C)C)C2=O)cc(Cl)c1OCc1ccccc1. The molecule has 4 rings (SSSR count). The first-order valence-electron chi connectivity index (χ1n) is 12.3. The fourth-order valence-corrected chi connectivity index (χ4v) is 5.17. The Morgan fingerprint density at radius 3 is 2.47 bits per heavy atom. The number of amides is 2. The lowest BCUT2D eigenvalue weighted by Crippen LogP contribution is -2.32. The molecular weight excluding hydrogens is 522 g/mol. The van der Waals surface area contributed by atoms with Crippen molar-refractivity contribution in [2.75, 3.05) is 20.3 Å². The smallest absolute Gasteiger partial charge is 0.293 e. The van der Waals surface area contributed by atoms with Gasteiger partial charge in [0.15, 0.2) is 11.5 Å². The second-order valence-electron chi connectivity index (χ2n) is 9.19. The maximum Gasteiger partial charge on any atom is 0.293 e. The zero-order valence-corrected chi connectivity index (χ0v) is 23.4. The third-order valence-electron chi connectivity index (χ3n) is 6.01. The summed E-state index contributed by atoms with van der Waals surface area (Å²) in [7, 11) is 1.53. The average Bonchev–Trinajstić information content (AvgIpc) is 3.15. The van der Waals surface area contributed by atoms with Gasteiger partial charge in [0.1, 0.15) is 19.0 Å². The minimum Gasteiger partial charge on any atom is -0.493 e. The lowest BCUT2D eigenvalue weighted by atomic mass is 10.0. The Bertz CT molecular complexity index is 1360. The first kappa shape index (κ1) is 27.6. The molecule has 6 nitrogen and oxygen atoms in total. The number of ether oxygens (including phenoxy) is 3. The van der Waals surface area contributed by atoms with E-state index >= 15 is 0 Å². The Kier molecular flexibility index (Phi) is 9.02. The van der Waals surface area contributed by atoms with Crippen LogP contribution >= 0.6 is 23.4 Å². The zero-order chi connectivity index (χ0) is 27.2. The second-order valence-corrected chi connectivity index (χ2v) is 10.6. The van der Waals surface area contributed by atoms with Crippen LogP contribution in [0.25, 0.3) is 6.08 Å². The van der Waals surface area contributed by atoms with Crippen LogP contribution in [0.5, 0.6) is 17.2 Å². The number of carbonyl (C=O) groups excluding carboxylic acids is 2. The van der Waals surface area contributed by atoms with Crippen molar-refractivity contribution >= 4 is 40.6 Å². The van der Waals surface area contributed by atoms with Crippen LogP contribution in [0.1, 0.15) is 42.0 Å². The summed E-state index contributed by atoms with van der Waals surface area (Å²) in [5.74, 6) is 1.56. The third-order valence-corrected chi connectivity index (χ3v) is 7.20. The molecule has 0 N–H and O–H groups in total. The number of hydrogen-bond donors (Lipinski definition) is 0. The number of nitrogens with zero attached hydrogens (tertiary/aromatic N) is 1. The lowest BCUT2D eigenvalue weighted by molar-refractivity contribution is -0.123. The standard InChI is InChI=1S/C30H30ClNO5S/c1-19(2)23-11-10-20(3)14-25(23)36-13-12-32-29(33)27(38-30(32)34)17-22-15-24(31)28(26(16-22)35-4)37-18-21-8-6-5-7-9-21/h5-11,14-17,19H,12-13,18H2,1-4H3/b27-17-. The highest BCUT2D eigenvalue weighted by molar-refractivity contribution is 8.18. The Hall–Kier alpha value is -3.42. The molecule has 1 fully saturated rings. The van der Waals surface area contributed by atoms with Crippen molar-refractivity contribution in [3.8, 4) is 17.2 Å². The van der Waals surface area contributed by atoms with E-state index in [2.05, 4.69) is 19.9 Å². The molecule has 8 heteroatoms. The molecule has 2 amide bonds. The Morgan fingerprint density at radius 2 is 1.76 bits per heavy atom. The molecule has 0 aromatic heterocycles. The number of carbonyl (C=O) groups is 2. The van der Waals surface area contributed by atoms with Gasteiger partial charge in [0.25, 0.3) is 11.1 Å². The molecule has 0 saturated carbocycles. The van der Waals surface area contributed by atoms with E-state index in [9.17, 15) is 9.59 Å². The number of aryl methyl sites for hydroxylation is 1. The van der Waals surface area contributed by atoms with E-state index < -0.39 is 0 Å². The number of rotatable bonds is 10. The minimum absolute atomic E-state index is 0.157. The van der Waals surface area contributed by atoms with Gasteiger partial charge < -0.3 is 14.2 Å². The predicted molar refractivity (Wildman–Crippen MR) is 152 cm³/mol. The monoisotopic (exact) mass is 551 g/mol. The van der Waals surface area contributed by atoms with Gasteiger partial charge in [-0.3, -0.25) is 14.5 Å². The summed E-state index contributed by atoms with van der Waals surface area (Å²) in [4.78, 5) is 27.2. The van der Waals surface area contributed by atoms with Crippen molar-refractivity contribution in [1.82, 2.24) is 4.90 Å². The molecule has 198 valence electrons. The van der Waals surface area contributed by atoms with Gasteiger partial charge in [0, 0.05) is 0 Å². The number of thioether (sulfide) groups is 1. The molecule has 0 atom stereocenters. The quantitative estimate of drug-likeness (QED) is 0.243. The molecule has 1 aliphatic rings. The van der Waals surface area contributed by atoms with Gasteiger partial charge >= 0.3 is 0 Å². The van der Waals surface area contributed by atoms with E-state index in [1.807, 2.05) is 49.4 Å². The van der Waals surface area contributed by atoms with Gasteiger partial charge in [0.2, 0.25) is 0 Å². The predicted octanol–water partition coefficient (Wildman–Crippen LogP) is 7.47. The number of halogens is 1. The van der Waals surface area contributed by atoms with Gasteiger partial charge in [-0.15, -0.1) is 0 Å². The highest BCUT2D eigenvalue weighted by Gasteiger charge is 2.35. The summed E-state index contributed by atoms with van der Waals surface area (Å²) < 4.78 is 17.4. The van der Waals surface area contributed by atoms with Crippen molar-refractivity contribution in [2.24, 2.45) is 0 Å².